The lowest BCUT2D eigenvalue weighted by Gasteiger charge is -2.09. The fourth-order valence-corrected chi connectivity index (χ4v) is 1.96. The van der Waals surface area contributed by atoms with Gasteiger partial charge in [0, 0.05) is 0 Å². The van der Waals surface area contributed by atoms with Crippen LogP contribution in [0.25, 0.3) is 0 Å². The summed E-state index contributed by atoms with van der Waals surface area (Å²) in [5, 5.41) is 8.83. The molecule has 3 nitrogen and oxygen atoms in total. The largest absolute Gasteiger partial charge is 0.493 e. The van der Waals surface area contributed by atoms with Gasteiger partial charge in [0.05, 0.1) is 18.9 Å². The standard InChI is InChI=1S/C13H13F3O3/c14-13(15,16)4-5-19-9-3-1-2-8(6-9)10-7-11(10)12(17)18/h1-3,6,10-11H,4-5,7H2,(H,17,18)/t10-,11-/m1/s1. The topological polar surface area (TPSA) is 46.5 Å². The fraction of sp³-hybridized carbons (Fsp3) is 0.462. The van der Waals surface area contributed by atoms with Gasteiger partial charge in [-0.2, -0.15) is 13.2 Å². The van der Waals surface area contributed by atoms with Gasteiger partial charge in [-0.25, -0.2) is 0 Å². The molecule has 0 amide bonds. The number of ether oxygens (including phenoxy) is 1. The summed E-state index contributed by atoms with van der Waals surface area (Å²) < 4.78 is 40.9. The zero-order valence-electron chi connectivity index (χ0n) is 9.98. The zero-order valence-corrected chi connectivity index (χ0v) is 9.98. The summed E-state index contributed by atoms with van der Waals surface area (Å²) in [6, 6.07) is 6.61. The molecule has 1 aromatic carbocycles. The van der Waals surface area contributed by atoms with Gasteiger partial charge < -0.3 is 9.84 Å². The summed E-state index contributed by atoms with van der Waals surface area (Å²) in [5.74, 6) is -0.930. The van der Waals surface area contributed by atoms with Crippen LogP contribution in [-0.2, 0) is 4.79 Å². The molecule has 1 N–H and O–H groups in total. The van der Waals surface area contributed by atoms with Crippen molar-refractivity contribution in [1.82, 2.24) is 0 Å². The van der Waals surface area contributed by atoms with E-state index >= 15 is 0 Å². The van der Waals surface area contributed by atoms with E-state index in [-0.39, 0.29) is 11.8 Å². The van der Waals surface area contributed by atoms with Crippen molar-refractivity contribution in [2.24, 2.45) is 5.92 Å². The van der Waals surface area contributed by atoms with Crippen molar-refractivity contribution >= 4 is 5.97 Å². The van der Waals surface area contributed by atoms with E-state index in [1.54, 1.807) is 24.3 Å². The summed E-state index contributed by atoms with van der Waals surface area (Å²) in [4.78, 5) is 10.8. The van der Waals surface area contributed by atoms with Crippen molar-refractivity contribution in [3.8, 4) is 5.75 Å². The average Bonchev–Trinajstić information content (AvgIpc) is 3.07. The number of aliphatic carboxylic acids is 1. The Morgan fingerprint density at radius 1 is 1.42 bits per heavy atom. The van der Waals surface area contributed by atoms with Gasteiger partial charge in [0.15, 0.2) is 0 Å². The number of hydrogen-bond acceptors (Lipinski definition) is 2. The summed E-state index contributed by atoms with van der Waals surface area (Å²) in [5.41, 5.74) is 0.803. The van der Waals surface area contributed by atoms with E-state index < -0.39 is 25.2 Å². The molecule has 6 heteroatoms. The maximum Gasteiger partial charge on any atom is 0.392 e. The number of rotatable bonds is 5. The molecule has 1 fully saturated rings. The van der Waals surface area contributed by atoms with Gasteiger partial charge in [-0.3, -0.25) is 4.79 Å². The monoisotopic (exact) mass is 274 g/mol. The lowest BCUT2D eigenvalue weighted by Crippen LogP contribution is -2.13. The molecule has 104 valence electrons. The predicted octanol–water partition coefficient (Wildman–Crippen LogP) is 3.21. The Balaban J connectivity index is 1.91. The number of halogens is 3. The van der Waals surface area contributed by atoms with Crippen LogP contribution in [0.2, 0.25) is 0 Å². The molecule has 0 heterocycles. The Kier molecular flexibility index (Phi) is 3.68. The van der Waals surface area contributed by atoms with E-state index in [1.807, 2.05) is 0 Å². The molecule has 1 saturated carbocycles. The normalized spacial score (nSPS) is 22.1. The molecule has 0 aromatic heterocycles. The lowest BCUT2D eigenvalue weighted by molar-refractivity contribution is -0.140. The van der Waals surface area contributed by atoms with Gasteiger partial charge >= 0.3 is 12.1 Å². The third-order valence-electron chi connectivity index (χ3n) is 3.05. The number of hydrogen-bond donors (Lipinski definition) is 1. The Morgan fingerprint density at radius 2 is 2.16 bits per heavy atom. The second-order valence-electron chi connectivity index (χ2n) is 4.57. The maximum absolute atomic E-state index is 12.0. The number of alkyl halides is 3. The number of carboxylic acid groups (broad SMARTS) is 1. The highest BCUT2D eigenvalue weighted by Crippen LogP contribution is 2.48. The first-order chi connectivity index (χ1) is 8.87. The van der Waals surface area contributed by atoms with E-state index in [4.69, 9.17) is 9.84 Å². The second-order valence-corrected chi connectivity index (χ2v) is 4.57. The number of carboxylic acids is 1. The quantitative estimate of drug-likeness (QED) is 0.896. The van der Waals surface area contributed by atoms with Crippen LogP contribution in [-0.4, -0.2) is 23.9 Å². The van der Waals surface area contributed by atoms with Crippen molar-refractivity contribution in [3.63, 3.8) is 0 Å². The van der Waals surface area contributed by atoms with E-state index in [0.717, 1.165) is 5.56 Å². The third kappa shape index (κ3) is 3.87. The molecular formula is C13H13F3O3. The van der Waals surface area contributed by atoms with E-state index in [2.05, 4.69) is 0 Å². The van der Waals surface area contributed by atoms with Crippen molar-refractivity contribution in [1.29, 1.82) is 0 Å². The van der Waals surface area contributed by atoms with Crippen LogP contribution in [0, 0.1) is 5.92 Å². The molecule has 0 spiro atoms. The first kappa shape index (κ1) is 13.7. The van der Waals surface area contributed by atoms with Gasteiger partial charge in [-0.15, -0.1) is 0 Å². The van der Waals surface area contributed by atoms with Crippen LogP contribution in [0.15, 0.2) is 24.3 Å². The van der Waals surface area contributed by atoms with E-state index in [0.29, 0.717) is 12.2 Å². The first-order valence-corrected chi connectivity index (χ1v) is 5.89. The summed E-state index contributed by atoms with van der Waals surface area (Å²) in [6.07, 6.45) is -4.66. The van der Waals surface area contributed by atoms with Crippen LogP contribution in [0.1, 0.15) is 24.3 Å². The van der Waals surface area contributed by atoms with Gasteiger partial charge in [0.1, 0.15) is 5.75 Å². The molecule has 2 atom stereocenters. The molecule has 2 rings (SSSR count). The second kappa shape index (κ2) is 5.11. The molecular weight excluding hydrogens is 261 g/mol. The van der Waals surface area contributed by atoms with Crippen LogP contribution in [0.5, 0.6) is 5.75 Å². The average molecular weight is 274 g/mol. The van der Waals surface area contributed by atoms with Crippen molar-refractivity contribution in [2.45, 2.75) is 24.9 Å². The predicted molar refractivity (Wildman–Crippen MR) is 61.1 cm³/mol. The minimum atomic E-state index is -4.23. The van der Waals surface area contributed by atoms with Crippen LogP contribution >= 0.6 is 0 Å². The summed E-state index contributed by atoms with van der Waals surface area (Å²) in [6.45, 7) is -0.431. The smallest absolute Gasteiger partial charge is 0.392 e. The highest BCUT2D eigenvalue weighted by molar-refractivity contribution is 5.75. The summed E-state index contributed by atoms with van der Waals surface area (Å²) in [7, 11) is 0. The number of benzene rings is 1. The Labute approximate surface area is 108 Å². The SMILES string of the molecule is O=C(O)[C@@H]1C[C@@H]1c1cccc(OCCC(F)(F)F)c1. The van der Waals surface area contributed by atoms with Crippen LogP contribution < -0.4 is 4.74 Å². The summed E-state index contributed by atoms with van der Waals surface area (Å²) >= 11 is 0. The van der Waals surface area contributed by atoms with Gasteiger partial charge in [0.25, 0.3) is 0 Å². The van der Waals surface area contributed by atoms with Crippen LogP contribution in [0.3, 0.4) is 0 Å². The highest BCUT2D eigenvalue weighted by atomic mass is 19.4. The minimum Gasteiger partial charge on any atom is -0.493 e. The molecule has 1 aromatic rings. The van der Waals surface area contributed by atoms with Crippen molar-refractivity contribution < 1.29 is 27.8 Å². The maximum atomic E-state index is 12.0. The molecule has 0 radical (unpaired) electrons. The van der Waals surface area contributed by atoms with Crippen molar-refractivity contribution in [2.75, 3.05) is 6.61 Å². The number of carbonyl (C=O) groups is 1. The Bertz CT molecular complexity index is 470. The molecule has 1 aliphatic carbocycles. The molecule has 1 aliphatic rings. The van der Waals surface area contributed by atoms with E-state index in [9.17, 15) is 18.0 Å². The highest BCUT2D eigenvalue weighted by Gasteiger charge is 2.44. The van der Waals surface area contributed by atoms with E-state index in [1.165, 1.54) is 0 Å². The zero-order chi connectivity index (χ0) is 14.0. The Morgan fingerprint density at radius 3 is 2.74 bits per heavy atom. The fourth-order valence-electron chi connectivity index (χ4n) is 1.96. The van der Waals surface area contributed by atoms with Crippen molar-refractivity contribution in [3.05, 3.63) is 29.8 Å². The van der Waals surface area contributed by atoms with Gasteiger partial charge in [-0.1, -0.05) is 12.1 Å². The molecule has 19 heavy (non-hydrogen) atoms. The van der Waals surface area contributed by atoms with Crippen LogP contribution in [0.4, 0.5) is 13.2 Å². The molecule has 0 unspecified atom stereocenters. The minimum absolute atomic E-state index is 0.0522. The van der Waals surface area contributed by atoms with Gasteiger partial charge in [-0.05, 0) is 30.0 Å². The third-order valence-corrected chi connectivity index (χ3v) is 3.05. The molecule has 0 saturated heterocycles. The first-order valence-electron chi connectivity index (χ1n) is 5.89. The van der Waals surface area contributed by atoms with Gasteiger partial charge in [0.2, 0.25) is 0 Å². The Hall–Kier alpha value is -1.72. The molecule has 0 aliphatic heterocycles. The lowest BCUT2D eigenvalue weighted by atomic mass is 10.1. The molecule has 0 bridgehead atoms.